The molecule has 0 aliphatic carbocycles. The Morgan fingerprint density at radius 3 is 1.78 bits per heavy atom. The molecule has 0 spiro atoms. The second-order valence-electron chi connectivity index (χ2n) is 11.7. The van der Waals surface area contributed by atoms with Crippen LogP contribution in [0.15, 0.2) is 18.2 Å². The van der Waals surface area contributed by atoms with Crippen LogP contribution in [0.5, 0.6) is 0 Å². The van der Waals surface area contributed by atoms with Gasteiger partial charge < -0.3 is 0 Å². The molecule has 3 aromatic heterocycles. The highest BCUT2D eigenvalue weighted by molar-refractivity contribution is 8.13. The van der Waals surface area contributed by atoms with Crippen LogP contribution in [0.4, 0.5) is 0 Å². The maximum atomic E-state index is 11.1. The van der Waals surface area contributed by atoms with Crippen LogP contribution in [-0.4, -0.2) is 10.9 Å². The van der Waals surface area contributed by atoms with Gasteiger partial charge >= 0.3 is 0 Å². The predicted octanol–water partition coefficient (Wildman–Crippen LogP) is 12.3. The van der Waals surface area contributed by atoms with Crippen molar-refractivity contribution in [1.82, 2.24) is 0 Å². The summed E-state index contributed by atoms with van der Waals surface area (Å²) < 4.78 is 0. The molecular formula is C36H54OS4. The third kappa shape index (κ3) is 12.7. The first-order chi connectivity index (χ1) is 19.9. The van der Waals surface area contributed by atoms with E-state index in [0.29, 0.717) is 0 Å². The second kappa shape index (κ2) is 19.4. The Labute approximate surface area is 268 Å². The van der Waals surface area contributed by atoms with E-state index < -0.39 is 0 Å². The van der Waals surface area contributed by atoms with Crippen molar-refractivity contribution in [2.45, 2.75) is 144 Å². The average Bonchev–Trinajstić information content (AvgIpc) is 3.60. The van der Waals surface area contributed by atoms with Gasteiger partial charge in [-0.05, 0) is 93.7 Å². The van der Waals surface area contributed by atoms with Crippen LogP contribution in [0.2, 0.25) is 0 Å². The van der Waals surface area contributed by atoms with E-state index >= 15 is 0 Å². The van der Waals surface area contributed by atoms with Gasteiger partial charge in [0.25, 0.3) is 0 Å². The van der Waals surface area contributed by atoms with E-state index in [1.54, 1.807) is 43.1 Å². The molecule has 228 valence electrons. The normalized spacial score (nSPS) is 11.5. The molecule has 0 atom stereocenters. The summed E-state index contributed by atoms with van der Waals surface area (Å²) >= 11 is 7.62. The molecule has 1 nitrogen and oxygen atoms in total. The molecule has 0 radical (unpaired) electrons. The predicted molar refractivity (Wildman–Crippen MR) is 189 cm³/mol. The summed E-state index contributed by atoms with van der Waals surface area (Å²) in [7, 11) is 0. The molecular weight excluding hydrogens is 577 g/mol. The molecule has 5 heteroatoms. The summed E-state index contributed by atoms with van der Waals surface area (Å²) in [5, 5.41) is 0.248. The molecule has 0 aromatic carbocycles. The molecule has 0 aliphatic heterocycles. The van der Waals surface area contributed by atoms with Crippen LogP contribution in [-0.2, 0) is 36.9 Å². The zero-order valence-corrected chi connectivity index (χ0v) is 29.8. The van der Waals surface area contributed by atoms with E-state index in [2.05, 4.69) is 57.2 Å². The number of hydrogen-bond acceptors (Lipinski definition) is 5. The molecule has 0 bridgehead atoms. The fourth-order valence-corrected chi connectivity index (χ4v) is 9.95. The highest BCUT2D eigenvalue weighted by Gasteiger charge is 2.15. The van der Waals surface area contributed by atoms with Gasteiger partial charge in [0, 0.05) is 54.8 Å². The molecule has 0 saturated heterocycles. The maximum absolute atomic E-state index is 11.1. The standard InChI is InChI=1S/C36H54OS4/c1-6-8-10-14-19-31-22-27(3)39-35(31)26-34-24-32(20-15-11-9-7-2)36(41-34)25-33-23-30(28(4)40-33)18-16-12-13-17-21-38-29(5)37/h22-24H,6-21,25-26H2,1-5H3. The van der Waals surface area contributed by atoms with Gasteiger partial charge in [-0.3, -0.25) is 4.79 Å². The SMILES string of the molecule is CCCCCCc1cc(C)sc1Cc1cc(CCCCCC)c(Cc2cc(CCCCCCSC(C)=O)c(C)s2)s1. The van der Waals surface area contributed by atoms with Crippen molar-refractivity contribution in [2.24, 2.45) is 0 Å². The fraction of sp³-hybridized carbons (Fsp3) is 0.639. The van der Waals surface area contributed by atoms with E-state index in [0.717, 1.165) is 25.0 Å². The Morgan fingerprint density at radius 2 is 1.15 bits per heavy atom. The Kier molecular flexibility index (Phi) is 16.4. The van der Waals surface area contributed by atoms with E-state index in [4.69, 9.17) is 0 Å². The lowest BCUT2D eigenvalue weighted by Gasteiger charge is -2.03. The van der Waals surface area contributed by atoms with Gasteiger partial charge in [-0.15, -0.1) is 34.0 Å². The van der Waals surface area contributed by atoms with Gasteiger partial charge in [-0.25, -0.2) is 0 Å². The van der Waals surface area contributed by atoms with Crippen molar-refractivity contribution < 1.29 is 4.79 Å². The van der Waals surface area contributed by atoms with Crippen LogP contribution in [0.25, 0.3) is 0 Å². The highest BCUT2D eigenvalue weighted by atomic mass is 32.2. The minimum atomic E-state index is 0.248. The molecule has 3 heterocycles. The Morgan fingerprint density at radius 1 is 0.634 bits per heavy atom. The number of unbranched alkanes of at least 4 members (excludes halogenated alkanes) is 9. The third-order valence-electron chi connectivity index (χ3n) is 7.95. The summed E-state index contributed by atoms with van der Waals surface area (Å²) in [6, 6.07) is 7.56. The Hall–Kier alpha value is -0.880. The number of thiophene rings is 3. The van der Waals surface area contributed by atoms with Gasteiger partial charge in [0.2, 0.25) is 0 Å². The first-order valence-electron chi connectivity index (χ1n) is 16.3. The summed E-state index contributed by atoms with van der Waals surface area (Å²) in [6.07, 6.45) is 21.5. The number of hydrogen-bond donors (Lipinski definition) is 0. The molecule has 3 rings (SSSR count). The number of carbonyl (C=O) groups is 1. The van der Waals surface area contributed by atoms with Crippen LogP contribution >= 0.6 is 45.8 Å². The van der Waals surface area contributed by atoms with Crippen LogP contribution in [0.3, 0.4) is 0 Å². The third-order valence-corrected chi connectivity index (χ3v) is 12.2. The molecule has 41 heavy (non-hydrogen) atoms. The highest BCUT2D eigenvalue weighted by Crippen LogP contribution is 2.34. The van der Waals surface area contributed by atoms with Crippen molar-refractivity contribution in [2.75, 3.05) is 5.75 Å². The summed E-state index contributed by atoms with van der Waals surface area (Å²) in [5.41, 5.74) is 4.79. The van der Waals surface area contributed by atoms with E-state index in [-0.39, 0.29) is 5.12 Å². The Balaban J connectivity index is 1.64. The number of carbonyl (C=O) groups excluding carboxylic acids is 1. The largest absolute Gasteiger partial charge is 0.288 e. The smallest absolute Gasteiger partial charge is 0.185 e. The molecule has 0 amide bonds. The zero-order valence-electron chi connectivity index (χ0n) is 26.5. The first kappa shape index (κ1) is 34.6. The van der Waals surface area contributed by atoms with Gasteiger partial charge in [0.15, 0.2) is 5.12 Å². The molecule has 0 aliphatic rings. The van der Waals surface area contributed by atoms with Gasteiger partial charge in [-0.1, -0.05) is 77.0 Å². The number of rotatable bonds is 21. The number of thioether (sulfide) groups is 1. The molecule has 3 aromatic rings. The van der Waals surface area contributed by atoms with Gasteiger partial charge in [-0.2, -0.15) is 0 Å². The first-order valence-corrected chi connectivity index (χ1v) is 19.7. The quantitative estimate of drug-likeness (QED) is 0.109. The molecule has 0 unspecified atom stereocenters. The average molecular weight is 631 g/mol. The van der Waals surface area contributed by atoms with Gasteiger partial charge in [0.05, 0.1) is 0 Å². The van der Waals surface area contributed by atoms with Crippen molar-refractivity contribution in [3.63, 3.8) is 0 Å². The lowest BCUT2D eigenvalue weighted by molar-refractivity contribution is -0.109. The monoisotopic (exact) mass is 630 g/mol. The lowest BCUT2D eigenvalue weighted by atomic mass is 10.0. The van der Waals surface area contributed by atoms with E-state index in [1.165, 1.54) is 111 Å². The zero-order chi connectivity index (χ0) is 29.5. The van der Waals surface area contributed by atoms with Crippen LogP contribution < -0.4 is 0 Å². The minimum Gasteiger partial charge on any atom is -0.288 e. The van der Waals surface area contributed by atoms with Crippen molar-refractivity contribution in [3.05, 3.63) is 64.2 Å². The van der Waals surface area contributed by atoms with Crippen molar-refractivity contribution in [1.29, 1.82) is 0 Å². The second-order valence-corrected chi connectivity index (χ2v) is 16.9. The van der Waals surface area contributed by atoms with Gasteiger partial charge in [0.1, 0.15) is 0 Å². The summed E-state index contributed by atoms with van der Waals surface area (Å²) in [6.45, 7) is 10.9. The maximum Gasteiger partial charge on any atom is 0.185 e. The van der Waals surface area contributed by atoms with Crippen LogP contribution in [0, 0.1) is 13.8 Å². The summed E-state index contributed by atoms with van der Waals surface area (Å²) in [5.74, 6) is 0.979. The Bertz CT molecular complexity index is 1160. The minimum absolute atomic E-state index is 0.248. The molecule has 0 N–H and O–H groups in total. The van der Waals surface area contributed by atoms with E-state index in [1.807, 2.05) is 22.7 Å². The molecule has 0 saturated carbocycles. The fourth-order valence-electron chi connectivity index (χ4n) is 5.66. The lowest BCUT2D eigenvalue weighted by Crippen LogP contribution is -1.91. The number of aryl methyl sites for hydroxylation is 5. The molecule has 0 fully saturated rings. The van der Waals surface area contributed by atoms with Crippen molar-refractivity contribution >= 4 is 50.9 Å². The van der Waals surface area contributed by atoms with Crippen molar-refractivity contribution in [3.8, 4) is 0 Å². The topological polar surface area (TPSA) is 17.1 Å². The van der Waals surface area contributed by atoms with E-state index in [9.17, 15) is 4.79 Å². The van der Waals surface area contributed by atoms with Crippen LogP contribution in [0.1, 0.15) is 144 Å². The summed E-state index contributed by atoms with van der Waals surface area (Å²) in [4.78, 5) is 20.4.